The van der Waals surface area contributed by atoms with Crippen molar-refractivity contribution in [1.29, 1.82) is 0 Å². The number of nitrogens with one attached hydrogen (secondary N) is 2. The molecule has 0 spiro atoms. The summed E-state index contributed by atoms with van der Waals surface area (Å²) in [4.78, 5) is 12.2. The van der Waals surface area contributed by atoms with E-state index in [-0.39, 0.29) is 11.7 Å². The van der Waals surface area contributed by atoms with Crippen LogP contribution in [0.2, 0.25) is 0 Å². The molecule has 4 nitrogen and oxygen atoms in total. The van der Waals surface area contributed by atoms with E-state index >= 15 is 0 Å². The van der Waals surface area contributed by atoms with Gasteiger partial charge in [0.2, 0.25) is 5.91 Å². The van der Waals surface area contributed by atoms with Crippen LogP contribution in [0.3, 0.4) is 0 Å². The van der Waals surface area contributed by atoms with Gasteiger partial charge < -0.3 is 15.4 Å². The van der Waals surface area contributed by atoms with E-state index in [4.69, 9.17) is 0 Å². The molecule has 0 heterocycles. The van der Waals surface area contributed by atoms with E-state index in [0.717, 1.165) is 12.1 Å². The molecule has 0 fully saturated rings. The van der Waals surface area contributed by atoms with E-state index in [1.165, 1.54) is 36.4 Å². The molecule has 0 saturated carbocycles. The Hall–Kier alpha value is -2.77. The fourth-order valence-corrected chi connectivity index (χ4v) is 2.07. The number of ether oxygens (including phenoxy) is 1. The first kappa shape index (κ1) is 18.6. The topological polar surface area (TPSA) is 50.4 Å². The highest BCUT2D eigenvalue weighted by Gasteiger charge is 2.31. The summed E-state index contributed by atoms with van der Waals surface area (Å²) in [6, 6.07) is 9.78. The summed E-state index contributed by atoms with van der Waals surface area (Å²) in [5, 5.41) is 5.57. The Morgan fingerprint density at radius 3 is 2.12 bits per heavy atom. The fraction of sp³-hybridized carbons (Fsp3) is 0.235. The quantitative estimate of drug-likeness (QED) is 0.747. The highest BCUT2D eigenvalue weighted by Crippen LogP contribution is 2.24. The molecule has 0 saturated heterocycles. The molecule has 2 rings (SSSR count). The lowest BCUT2D eigenvalue weighted by atomic mass is 10.2. The maximum Gasteiger partial charge on any atom is 0.573 e. The van der Waals surface area contributed by atoms with Gasteiger partial charge >= 0.3 is 6.36 Å². The van der Waals surface area contributed by atoms with Gasteiger partial charge in [-0.25, -0.2) is 4.39 Å². The van der Waals surface area contributed by atoms with E-state index < -0.39 is 18.2 Å². The first-order chi connectivity index (χ1) is 11.8. The van der Waals surface area contributed by atoms with Gasteiger partial charge in [0.15, 0.2) is 0 Å². The van der Waals surface area contributed by atoms with Crippen LogP contribution in [0.15, 0.2) is 48.5 Å². The summed E-state index contributed by atoms with van der Waals surface area (Å²) >= 11 is 0. The van der Waals surface area contributed by atoms with E-state index in [1.807, 2.05) is 0 Å². The highest BCUT2D eigenvalue weighted by molar-refractivity contribution is 5.96. The third-order valence-electron chi connectivity index (χ3n) is 3.27. The van der Waals surface area contributed by atoms with Gasteiger partial charge in [0.05, 0.1) is 0 Å². The van der Waals surface area contributed by atoms with Gasteiger partial charge in [-0.05, 0) is 55.0 Å². The fourth-order valence-electron chi connectivity index (χ4n) is 2.07. The van der Waals surface area contributed by atoms with Crippen LogP contribution in [0.25, 0.3) is 0 Å². The van der Waals surface area contributed by atoms with Crippen LogP contribution in [0.5, 0.6) is 5.75 Å². The van der Waals surface area contributed by atoms with Crippen molar-refractivity contribution in [2.24, 2.45) is 0 Å². The van der Waals surface area contributed by atoms with Crippen LogP contribution in [0, 0.1) is 5.82 Å². The van der Waals surface area contributed by atoms with Crippen molar-refractivity contribution in [3.63, 3.8) is 0 Å². The third-order valence-corrected chi connectivity index (χ3v) is 3.27. The zero-order valence-electron chi connectivity index (χ0n) is 13.2. The number of anilines is 2. The lowest BCUT2D eigenvalue weighted by Gasteiger charge is -2.18. The van der Waals surface area contributed by atoms with E-state index in [9.17, 15) is 22.4 Å². The Balaban J connectivity index is 1.98. The number of rotatable bonds is 6. The lowest BCUT2D eigenvalue weighted by molar-refractivity contribution is -0.274. The number of carbonyl (C=O) groups excluding carboxylic acids is 1. The monoisotopic (exact) mass is 356 g/mol. The molecule has 25 heavy (non-hydrogen) atoms. The molecule has 2 N–H and O–H groups in total. The van der Waals surface area contributed by atoms with Crippen LogP contribution in [-0.2, 0) is 4.79 Å². The predicted octanol–water partition coefficient (Wildman–Crippen LogP) is 4.55. The molecule has 0 radical (unpaired) electrons. The molecule has 134 valence electrons. The maximum absolute atomic E-state index is 12.9. The van der Waals surface area contributed by atoms with Gasteiger partial charge in [-0.1, -0.05) is 6.92 Å². The van der Waals surface area contributed by atoms with Crippen molar-refractivity contribution in [2.45, 2.75) is 25.7 Å². The highest BCUT2D eigenvalue weighted by atomic mass is 19.4. The summed E-state index contributed by atoms with van der Waals surface area (Å²) < 4.78 is 53.0. The number of alkyl halides is 3. The molecular weight excluding hydrogens is 340 g/mol. The van der Waals surface area contributed by atoms with Gasteiger partial charge in [-0.15, -0.1) is 13.2 Å². The molecule has 2 aromatic rings. The standard InChI is InChI=1S/C17H16F4N2O2/c1-2-15(16(24)23-13-5-3-11(18)4-6-13)22-12-7-9-14(10-8-12)25-17(19,20)21/h3-10,15,22H,2H2,1H3,(H,23,24). The van der Waals surface area contributed by atoms with Crippen molar-refractivity contribution >= 4 is 17.3 Å². The summed E-state index contributed by atoms with van der Waals surface area (Å²) in [7, 11) is 0. The minimum Gasteiger partial charge on any atom is -0.406 e. The van der Waals surface area contributed by atoms with Crippen molar-refractivity contribution in [3.8, 4) is 5.75 Å². The molecule has 0 aliphatic carbocycles. The summed E-state index contributed by atoms with van der Waals surface area (Å²) in [6.45, 7) is 1.78. The molecule has 0 bridgehead atoms. The Morgan fingerprint density at radius 2 is 1.60 bits per heavy atom. The minimum atomic E-state index is -4.75. The van der Waals surface area contributed by atoms with Gasteiger partial charge in [-0.3, -0.25) is 4.79 Å². The van der Waals surface area contributed by atoms with Gasteiger partial charge in [0, 0.05) is 11.4 Å². The Morgan fingerprint density at radius 1 is 1.04 bits per heavy atom. The molecule has 1 amide bonds. The number of hydrogen-bond donors (Lipinski definition) is 2. The largest absolute Gasteiger partial charge is 0.573 e. The van der Waals surface area contributed by atoms with Crippen molar-refractivity contribution in [2.75, 3.05) is 10.6 Å². The van der Waals surface area contributed by atoms with Crippen LogP contribution < -0.4 is 15.4 Å². The molecular formula is C17H16F4N2O2. The van der Waals surface area contributed by atoms with E-state index in [0.29, 0.717) is 17.8 Å². The summed E-state index contributed by atoms with van der Waals surface area (Å²) in [6.07, 6.45) is -4.32. The van der Waals surface area contributed by atoms with Crippen LogP contribution in [-0.4, -0.2) is 18.3 Å². The van der Waals surface area contributed by atoms with Gasteiger partial charge in [-0.2, -0.15) is 0 Å². The summed E-state index contributed by atoms with van der Waals surface area (Å²) in [5.41, 5.74) is 0.913. The normalized spacial score (nSPS) is 12.4. The van der Waals surface area contributed by atoms with Gasteiger partial charge in [0.25, 0.3) is 0 Å². The third kappa shape index (κ3) is 5.98. The van der Waals surface area contributed by atoms with E-state index in [2.05, 4.69) is 15.4 Å². The Bertz CT molecular complexity index is 700. The zero-order valence-corrected chi connectivity index (χ0v) is 13.2. The second-order valence-electron chi connectivity index (χ2n) is 5.17. The van der Waals surface area contributed by atoms with Crippen molar-refractivity contribution < 1.29 is 27.1 Å². The molecule has 8 heteroatoms. The molecule has 0 aliphatic rings. The number of hydrogen-bond acceptors (Lipinski definition) is 3. The first-order valence-electron chi connectivity index (χ1n) is 7.45. The molecule has 1 atom stereocenters. The molecule has 1 unspecified atom stereocenters. The number of benzene rings is 2. The predicted molar refractivity (Wildman–Crippen MR) is 85.9 cm³/mol. The minimum absolute atomic E-state index is 0.343. The van der Waals surface area contributed by atoms with Crippen LogP contribution in [0.4, 0.5) is 28.9 Å². The van der Waals surface area contributed by atoms with Crippen LogP contribution >= 0.6 is 0 Å². The zero-order chi connectivity index (χ0) is 18.4. The van der Waals surface area contributed by atoms with Gasteiger partial charge in [0.1, 0.15) is 17.6 Å². The van der Waals surface area contributed by atoms with E-state index in [1.54, 1.807) is 6.92 Å². The molecule has 0 aromatic heterocycles. The Labute approximate surface area is 141 Å². The average molecular weight is 356 g/mol. The molecule has 0 aliphatic heterocycles. The number of amides is 1. The second-order valence-corrected chi connectivity index (χ2v) is 5.17. The average Bonchev–Trinajstić information content (AvgIpc) is 2.54. The SMILES string of the molecule is CCC(Nc1ccc(OC(F)(F)F)cc1)C(=O)Nc1ccc(F)cc1. The smallest absolute Gasteiger partial charge is 0.406 e. The number of carbonyl (C=O) groups is 1. The van der Waals surface area contributed by atoms with Crippen molar-refractivity contribution in [1.82, 2.24) is 0 Å². The first-order valence-corrected chi connectivity index (χ1v) is 7.45. The number of halogens is 4. The summed E-state index contributed by atoms with van der Waals surface area (Å²) in [5.74, 6) is -1.10. The van der Waals surface area contributed by atoms with Crippen molar-refractivity contribution in [3.05, 3.63) is 54.3 Å². The lowest BCUT2D eigenvalue weighted by Crippen LogP contribution is -2.34. The maximum atomic E-state index is 12.9. The molecule has 2 aromatic carbocycles. The Kier molecular flexibility index (Phi) is 5.84. The second kappa shape index (κ2) is 7.87. The van der Waals surface area contributed by atoms with Crippen LogP contribution in [0.1, 0.15) is 13.3 Å².